The number of Topliss-reactive ketones (excluding diaryl/α,β-unsaturated/α-hetero) is 1. The Balaban J connectivity index is 2.89. The summed E-state index contributed by atoms with van der Waals surface area (Å²) in [5, 5.41) is 0. The maximum atomic E-state index is 11.9. The summed E-state index contributed by atoms with van der Waals surface area (Å²) < 4.78 is 36.7. The van der Waals surface area contributed by atoms with Crippen LogP contribution in [0, 0.1) is 0 Å². The highest BCUT2D eigenvalue weighted by atomic mass is 19.4. The molecular weight excluding hydrogens is 183 g/mol. The van der Waals surface area contributed by atoms with Crippen molar-refractivity contribution in [2.75, 3.05) is 0 Å². The van der Waals surface area contributed by atoms with Crippen molar-refractivity contribution in [2.45, 2.75) is 19.6 Å². The highest BCUT2D eigenvalue weighted by molar-refractivity contribution is 5.92. The molecule has 0 fully saturated rings. The fourth-order valence-electron chi connectivity index (χ4n) is 1.06. The zero-order valence-corrected chi connectivity index (χ0v) is 6.93. The first-order chi connectivity index (χ1) is 5.90. The van der Waals surface area contributed by atoms with Gasteiger partial charge in [0.25, 0.3) is 0 Å². The standard InChI is InChI=1S/C8H8F3NO/c1-6(13)7-3-2-4-12(7)5-8(9,10)11/h2-4H,5H2,1H3. The Kier molecular flexibility index (Phi) is 2.45. The zero-order valence-electron chi connectivity index (χ0n) is 6.93. The molecule has 0 bridgehead atoms. The van der Waals surface area contributed by atoms with Crippen LogP contribution < -0.4 is 0 Å². The summed E-state index contributed by atoms with van der Waals surface area (Å²) in [4.78, 5) is 10.8. The molecule has 72 valence electrons. The lowest BCUT2D eigenvalue weighted by Gasteiger charge is -2.09. The second-order valence-corrected chi connectivity index (χ2v) is 2.69. The van der Waals surface area contributed by atoms with Gasteiger partial charge in [-0.2, -0.15) is 13.2 Å². The van der Waals surface area contributed by atoms with Crippen molar-refractivity contribution in [3.63, 3.8) is 0 Å². The number of halogens is 3. The van der Waals surface area contributed by atoms with Crippen molar-refractivity contribution in [1.29, 1.82) is 0 Å². The van der Waals surface area contributed by atoms with Crippen molar-refractivity contribution < 1.29 is 18.0 Å². The highest BCUT2D eigenvalue weighted by Crippen LogP contribution is 2.19. The van der Waals surface area contributed by atoms with Crippen molar-refractivity contribution in [3.8, 4) is 0 Å². The van der Waals surface area contributed by atoms with Gasteiger partial charge in [0.1, 0.15) is 6.54 Å². The van der Waals surface area contributed by atoms with Crippen LogP contribution in [-0.4, -0.2) is 16.5 Å². The van der Waals surface area contributed by atoms with Crippen LogP contribution >= 0.6 is 0 Å². The van der Waals surface area contributed by atoms with Gasteiger partial charge >= 0.3 is 6.18 Å². The topological polar surface area (TPSA) is 22.0 Å². The van der Waals surface area contributed by atoms with E-state index in [1.165, 1.54) is 25.3 Å². The molecule has 1 rings (SSSR count). The second-order valence-electron chi connectivity index (χ2n) is 2.69. The first-order valence-corrected chi connectivity index (χ1v) is 3.63. The number of ketones is 1. The molecule has 1 aromatic rings. The number of hydrogen-bond acceptors (Lipinski definition) is 1. The molecule has 0 saturated carbocycles. The molecule has 5 heteroatoms. The van der Waals surface area contributed by atoms with Crippen LogP contribution in [0.15, 0.2) is 18.3 Å². The largest absolute Gasteiger partial charge is 0.406 e. The molecule has 0 radical (unpaired) electrons. The molecule has 1 aromatic heterocycles. The van der Waals surface area contributed by atoms with Gasteiger partial charge in [0, 0.05) is 13.1 Å². The minimum Gasteiger partial charge on any atom is -0.336 e. The summed E-state index contributed by atoms with van der Waals surface area (Å²) in [6.07, 6.45) is -3.05. The third-order valence-corrected chi connectivity index (χ3v) is 1.54. The van der Waals surface area contributed by atoms with Crippen LogP contribution in [0.4, 0.5) is 13.2 Å². The van der Waals surface area contributed by atoms with Gasteiger partial charge in [-0.25, -0.2) is 0 Å². The lowest BCUT2D eigenvalue weighted by molar-refractivity contribution is -0.140. The van der Waals surface area contributed by atoms with Gasteiger partial charge in [0.05, 0.1) is 5.69 Å². The monoisotopic (exact) mass is 191 g/mol. The third kappa shape index (κ3) is 2.61. The molecule has 0 aliphatic carbocycles. The van der Waals surface area contributed by atoms with Gasteiger partial charge < -0.3 is 4.57 Å². The lowest BCUT2D eigenvalue weighted by Crippen LogP contribution is -2.19. The fraction of sp³-hybridized carbons (Fsp3) is 0.375. The van der Waals surface area contributed by atoms with Crippen LogP contribution in [0.2, 0.25) is 0 Å². The lowest BCUT2D eigenvalue weighted by atomic mass is 10.3. The van der Waals surface area contributed by atoms with Crippen molar-refractivity contribution in [1.82, 2.24) is 4.57 Å². The van der Waals surface area contributed by atoms with Crippen LogP contribution in [-0.2, 0) is 6.54 Å². The highest BCUT2D eigenvalue weighted by Gasteiger charge is 2.28. The molecule has 1 heterocycles. The van der Waals surface area contributed by atoms with Gasteiger partial charge in [0.15, 0.2) is 5.78 Å². The Morgan fingerprint density at radius 2 is 2.15 bits per heavy atom. The predicted molar refractivity (Wildman–Crippen MR) is 40.5 cm³/mol. The second kappa shape index (κ2) is 3.24. The average molecular weight is 191 g/mol. The SMILES string of the molecule is CC(=O)c1cccn1CC(F)(F)F. The number of alkyl halides is 3. The molecule has 0 amide bonds. The molecule has 0 aliphatic heterocycles. The van der Waals surface area contributed by atoms with E-state index in [9.17, 15) is 18.0 Å². The first-order valence-electron chi connectivity index (χ1n) is 3.63. The molecule has 0 aromatic carbocycles. The third-order valence-electron chi connectivity index (χ3n) is 1.54. The Morgan fingerprint density at radius 3 is 2.62 bits per heavy atom. The van der Waals surface area contributed by atoms with Gasteiger partial charge in [0.2, 0.25) is 0 Å². The Labute approximate surface area is 73.0 Å². The molecule has 0 N–H and O–H groups in total. The Hall–Kier alpha value is -1.26. The van der Waals surface area contributed by atoms with Crippen LogP contribution in [0.3, 0.4) is 0 Å². The number of nitrogens with zero attached hydrogens (tertiary/aromatic N) is 1. The summed E-state index contributed by atoms with van der Waals surface area (Å²) in [5.74, 6) is -0.366. The molecule has 13 heavy (non-hydrogen) atoms. The van der Waals surface area contributed by atoms with Crippen molar-refractivity contribution in [2.24, 2.45) is 0 Å². The van der Waals surface area contributed by atoms with E-state index in [0.29, 0.717) is 0 Å². The Bertz CT molecular complexity index is 313. The van der Waals surface area contributed by atoms with E-state index in [-0.39, 0.29) is 11.5 Å². The van der Waals surface area contributed by atoms with E-state index in [0.717, 1.165) is 4.57 Å². The Morgan fingerprint density at radius 1 is 1.54 bits per heavy atom. The van der Waals surface area contributed by atoms with Gasteiger partial charge in [-0.15, -0.1) is 0 Å². The summed E-state index contributed by atoms with van der Waals surface area (Å²) >= 11 is 0. The predicted octanol–water partition coefficient (Wildman–Crippen LogP) is 2.25. The summed E-state index contributed by atoms with van der Waals surface area (Å²) in [6, 6.07) is 2.79. The van der Waals surface area contributed by atoms with Gasteiger partial charge in [-0.3, -0.25) is 4.79 Å². The smallest absolute Gasteiger partial charge is 0.336 e. The quantitative estimate of drug-likeness (QED) is 0.657. The van der Waals surface area contributed by atoms with Crippen LogP contribution in [0.25, 0.3) is 0 Å². The molecule has 0 unspecified atom stereocenters. The summed E-state index contributed by atoms with van der Waals surface area (Å²) in [7, 11) is 0. The molecular formula is C8H8F3NO. The minimum absolute atomic E-state index is 0.0809. The zero-order chi connectivity index (χ0) is 10.1. The van der Waals surface area contributed by atoms with Gasteiger partial charge in [-0.1, -0.05) is 0 Å². The molecule has 0 spiro atoms. The molecule has 2 nitrogen and oxygen atoms in total. The first kappa shape index (κ1) is 9.83. The van der Waals surface area contributed by atoms with Crippen LogP contribution in [0.1, 0.15) is 17.4 Å². The summed E-state index contributed by atoms with van der Waals surface area (Å²) in [5.41, 5.74) is 0.0809. The van der Waals surface area contributed by atoms with E-state index >= 15 is 0 Å². The molecule has 0 atom stereocenters. The number of rotatable bonds is 2. The number of carbonyl (C=O) groups is 1. The minimum atomic E-state index is -4.29. The van der Waals surface area contributed by atoms with E-state index in [1.54, 1.807) is 0 Å². The molecule has 0 aliphatic rings. The number of aromatic nitrogens is 1. The maximum absolute atomic E-state index is 11.9. The van der Waals surface area contributed by atoms with Crippen molar-refractivity contribution >= 4 is 5.78 Å². The van der Waals surface area contributed by atoms with Crippen LogP contribution in [0.5, 0.6) is 0 Å². The van der Waals surface area contributed by atoms with Crippen molar-refractivity contribution in [3.05, 3.63) is 24.0 Å². The van der Waals surface area contributed by atoms with E-state index in [4.69, 9.17) is 0 Å². The van der Waals surface area contributed by atoms with E-state index < -0.39 is 12.7 Å². The van der Waals surface area contributed by atoms with Gasteiger partial charge in [-0.05, 0) is 12.1 Å². The molecule has 0 saturated heterocycles. The van der Waals surface area contributed by atoms with E-state index in [2.05, 4.69) is 0 Å². The summed E-state index contributed by atoms with van der Waals surface area (Å²) in [6.45, 7) is 0.122. The normalized spacial score (nSPS) is 11.7. The van der Waals surface area contributed by atoms with E-state index in [1.807, 2.05) is 0 Å². The maximum Gasteiger partial charge on any atom is 0.406 e. The fourth-order valence-corrected chi connectivity index (χ4v) is 1.06. The number of hydrogen-bond donors (Lipinski definition) is 0. The average Bonchev–Trinajstić information content (AvgIpc) is 2.31. The number of carbonyl (C=O) groups excluding carboxylic acids is 1.